The molecule has 0 radical (unpaired) electrons. The fraction of sp³-hybridized carbons (Fsp3) is 0.579. The maximum atomic E-state index is 13.3. The van der Waals surface area contributed by atoms with Gasteiger partial charge in [-0.3, -0.25) is 4.79 Å². The van der Waals surface area contributed by atoms with Gasteiger partial charge in [0.25, 0.3) is 0 Å². The van der Waals surface area contributed by atoms with Crippen LogP contribution in [0.25, 0.3) is 0 Å². The number of rotatable bonds is 6. The van der Waals surface area contributed by atoms with Gasteiger partial charge in [0.05, 0.1) is 11.5 Å². The van der Waals surface area contributed by atoms with Crippen LogP contribution in [0.1, 0.15) is 32.8 Å². The van der Waals surface area contributed by atoms with E-state index in [1.165, 1.54) is 0 Å². The summed E-state index contributed by atoms with van der Waals surface area (Å²) in [6.07, 6.45) is -1.40. The Hall–Kier alpha value is -1.63. The van der Waals surface area contributed by atoms with Gasteiger partial charge in [0, 0.05) is 24.7 Å². The number of hydrogen-bond acceptors (Lipinski definition) is 4. The molecule has 1 aliphatic rings. The molecule has 0 saturated carbocycles. The zero-order valence-corrected chi connectivity index (χ0v) is 16.2. The lowest BCUT2D eigenvalue weighted by Crippen LogP contribution is -2.61. The molecule has 3 N–H and O–H groups in total. The fourth-order valence-corrected chi connectivity index (χ4v) is 3.66. The van der Waals surface area contributed by atoms with Crippen LogP contribution in [0.3, 0.4) is 0 Å². The largest absolute Gasteiger partial charge is 0.479 e. The maximum absolute atomic E-state index is 13.3. The normalized spacial score (nSPS) is 22.9. The van der Waals surface area contributed by atoms with Gasteiger partial charge in [0.2, 0.25) is 5.91 Å². The van der Waals surface area contributed by atoms with Gasteiger partial charge in [-0.25, -0.2) is 4.79 Å². The molecule has 0 spiro atoms. The molecule has 0 aliphatic carbocycles. The van der Waals surface area contributed by atoms with Crippen LogP contribution in [0.4, 0.5) is 0 Å². The van der Waals surface area contributed by atoms with E-state index in [0.717, 1.165) is 5.56 Å². The minimum atomic E-state index is -1.71. The van der Waals surface area contributed by atoms with Crippen molar-refractivity contribution >= 4 is 23.5 Å². The number of carboxylic acids is 1. The Kier molecular flexibility index (Phi) is 6.66. The summed E-state index contributed by atoms with van der Waals surface area (Å²) in [5.41, 5.74) is 0.267. The summed E-state index contributed by atoms with van der Waals surface area (Å²) in [5, 5.41) is 23.3. The molecule has 0 bridgehead atoms. The molecular formula is C19H27ClN2O4. The lowest BCUT2D eigenvalue weighted by Gasteiger charge is -2.47. The highest BCUT2D eigenvalue weighted by Gasteiger charge is 2.44. The molecule has 7 heteroatoms. The van der Waals surface area contributed by atoms with E-state index in [4.69, 9.17) is 11.6 Å². The van der Waals surface area contributed by atoms with Crippen LogP contribution >= 0.6 is 11.6 Å². The van der Waals surface area contributed by atoms with E-state index >= 15 is 0 Å². The average molecular weight is 383 g/mol. The molecule has 0 aromatic heterocycles. The first-order valence-electron chi connectivity index (χ1n) is 8.86. The van der Waals surface area contributed by atoms with Gasteiger partial charge < -0.3 is 20.4 Å². The van der Waals surface area contributed by atoms with Gasteiger partial charge in [-0.05, 0) is 37.0 Å². The third-order valence-electron chi connectivity index (χ3n) is 4.99. The summed E-state index contributed by atoms with van der Waals surface area (Å²) in [6, 6.07) is 7.30. The van der Waals surface area contributed by atoms with Gasteiger partial charge in [0.15, 0.2) is 6.10 Å². The van der Waals surface area contributed by atoms with E-state index in [1.807, 2.05) is 32.9 Å². The van der Waals surface area contributed by atoms with Gasteiger partial charge in [0.1, 0.15) is 0 Å². The highest BCUT2D eigenvalue weighted by molar-refractivity contribution is 6.30. The number of carboxylic acid groups (broad SMARTS) is 1. The SMILES string of the molecule is CC(C)C[C@H](C(=O)N1CCNC[C@@]1(C)c1ccc(Cl)cc1)[C@H](O)C(=O)O. The highest BCUT2D eigenvalue weighted by Crippen LogP contribution is 2.33. The standard InChI is InChI=1S/C19H27ClN2O4/c1-12(2)10-15(16(23)18(25)26)17(24)22-9-8-21-11-19(22,3)13-4-6-14(20)7-5-13/h4-7,12,15-16,21,23H,8-11H2,1-3H3,(H,25,26)/t15-,16-,19-/m0/s1. The molecule has 1 aromatic rings. The van der Waals surface area contributed by atoms with Crippen molar-refractivity contribution in [3.05, 3.63) is 34.9 Å². The second kappa shape index (κ2) is 8.37. The van der Waals surface area contributed by atoms with Crippen LogP contribution in [-0.2, 0) is 15.1 Å². The quantitative estimate of drug-likeness (QED) is 0.701. The van der Waals surface area contributed by atoms with E-state index in [-0.39, 0.29) is 11.8 Å². The van der Waals surface area contributed by atoms with Crippen molar-refractivity contribution < 1.29 is 19.8 Å². The van der Waals surface area contributed by atoms with Crippen LogP contribution in [0.2, 0.25) is 5.02 Å². The molecule has 1 saturated heterocycles. The predicted molar refractivity (Wildman–Crippen MR) is 100.0 cm³/mol. The maximum Gasteiger partial charge on any atom is 0.333 e. The minimum Gasteiger partial charge on any atom is -0.479 e. The van der Waals surface area contributed by atoms with E-state index in [2.05, 4.69) is 5.32 Å². The summed E-state index contributed by atoms with van der Waals surface area (Å²) in [7, 11) is 0. The fourth-order valence-electron chi connectivity index (χ4n) is 3.53. The summed E-state index contributed by atoms with van der Waals surface area (Å²) in [6.45, 7) is 7.36. The number of amides is 1. The summed E-state index contributed by atoms with van der Waals surface area (Å²) in [4.78, 5) is 26.3. The number of nitrogens with one attached hydrogen (secondary N) is 1. The van der Waals surface area contributed by atoms with Crippen LogP contribution < -0.4 is 5.32 Å². The Bertz CT molecular complexity index is 649. The molecule has 1 aromatic carbocycles. The Labute approximate surface area is 159 Å². The molecule has 144 valence electrons. The first kappa shape index (κ1) is 20.7. The van der Waals surface area contributed by atoms with Crippen LogP contribution in [0, 0.1) is 11.8 Å². The minimum absolute atomic E-state index is 0.0858. The summed E-state index contributed by atoms with van der Waals surface area (Å²) >= 11 is 5.98. The van der Waals surface area contributed by atoms with Crippen LogP contribution in [0.15, 0.2) is 24.3 Å². The van der Waals surface area contributed by atoms with Gasteiger partial charge in [-0.2, -0.15) is 0 Å². The van der Waals surface area contributed by atoms with E-state index in [1.54, 1.807) is 17.0 Å². The van der Waals surface area contributed by atoms with Crippen molar-refractivity contribution in [2.75, 3.05) is 19.6 Å². The number of carbonyl (C=O) groups is 2. The molecule has 1 amide bonds. The third-order valence-corrected chi connectivity index (χ3v) is 5.24. The number of aliphatic hydroxyl groups is 1. The summed E-state index contributed by atoms with van der Waals surface area (Å²) < 4.78 is 0. The van der Waals surface area contributed by atoms with Gasteiger partial charge in [-0.1, -0.05) is 37.6 Å². The topological polar surface area (TPSA) is 89.9 Å². The molecular weight excluding hydrogens is 356 g/mol. The number of nitrogens with zero attached hydrogens (tertiary/aromatic N) is 1. The molecule has 0 unspecified atom stereocenters. The number of aliphatic hydroxyl groups excluding tert-OH is 1. The molecule has 2 rings (SSSR count). The first-order valence-corrected chi connectivity index (χ1v) is 9.23. The smallest absolute Gasteiger partial charge is 0.333 e. The lowest BCUT2D eigenvalue weighted by atomic mass is 9.84. The summed E-state index contributed by atoms with van der Waals surface area (Å²) in [5.74, 6) is -2.58. The van der Waals surface area contributed by atoms with Crippen LogP contribution in [-0.4, -0.2) is 52.7 Å². The molecule has 1 fully saturated rings. The van der Waals surface area contributed by atoms with E-state index in [9.17, 15) is 19.8 Å². The number of carbonyl (C=O) groups excluding carboxylic acids is 1. The molecule has 1 aliphatic heterocycles. The second-order valence-corrected chi connectivity index (χ2v) is 7.90. The van der Waals surface area contributed by atoms with Gasteiger partial charge in [-0.15, -0.1) is 0 Å². The zero-order valence-electron chi connectivity index (χ0n) is 15.4. The van der Waals surface area contributed by atoms with Crippen molar-refractivity contribution in [1.29, 1.82) is 0 Å². The van der Waals surface area contributed by atoms with E-state index in [0.29, 0.717) is 31.1 Å². The number of aliphatic carboxylic acids is 1. The molecule has 6 nitrogen and oxygen atoms in total. The second-order valence-electron chi connectivity index (χ2n) is 7.47. The first-order chi connectivity index (χ1) is 12.2. The molecule has 3 atom stereocenters. The van der Waals surface area contributed by atoms with Crippen molar-refractivity contribution in [3.63, 3.8) is 0 Å². The Morgan fingerprint density at radius 1 is 1.31 bits per heavy atom. The zero-order chi connectivity index (χ0) is 19.5. The van der Waals surface area contributed by atoms with Gasteiger partial charge >= 0.3 is 5.97 Å². The Morgan fingerprint density at radius 2 is 1.92 bits per heavy atom. The number of halogens is 1. The third kappa shape index (κ3) is 4.37. The van der Waals surface area contributed by atoms with Crippen molar-refractivity contribution in [3.8, 4) is 0 Å². The Balaban J connectivity index is 2.38. The number of hydrogen-bond donors (Lipinski definition) is 3. The number of piperazine rings is 1. The van der Waals surface area contributed by atoms with Crippen molar-refractivity contribution in [1.82, 2.24) is 10.2 Å². The van der Waals surface area contributed by atoms with Crippen molar-refractivity contribution in [2.45, 2.75) is 38.8 Å². The number of benzene rings is 1. The highest BCUT2D eigenvalue weighted by atomic mass is 35.5. The lowest BCUT2D eigenvalue weighted by molar-refractivity contribution is -0.160. The molecule has 26 heavy (non-hydrogen) atoms. The van der Waals surface area contributed by atoms with Crippen molar-refractivity contribution in [2.24, 2.45) is 11.8 Å². The van der Waals surface area contributed by atoms with Crippen LogP contribution in [0.5, 0.6) is 0 Å². The molecule has 1 heterocycles. The van der Waals surface area contributed by atoms with E-state index < -0.39 is 23.5 Å². The predicted octanol–water partition coefficient (Wildman–Crippen LogP) is 2.09. The Morgan fingerprint density at radius 3 is 2.46 bits per heavy atom. The average Bonchev–Trinajstić information content (AvgIpc) is 2.59. The monoisotopic (exact) mass is 382 g/mol.